The van der Waals surface area contributed by atoms with Crippen LogP contribution in [0.2, 0.25) is 0 Å². The van der Waals surface area contributed by atoms with E-state index in [2.05, 4.69) is 4.98 Å². The number of carboxylic acids is 1. The van der Waals surface area contributed by atoms with Crippen molar-refractivity contribution >= 4 is 11.9 Å². The Morgan fingerprint density at radius 1 is 1.57 bits per heavy atom. The van der Waals surface area contributed by atoms with E-state index in [4.69, 9.17) is 9.47 Å². The number of carboxylic acid groups (broad SMARTS) is 1. The molecule has 1 aromatic rings. The summed E-state index contributed by atoms with van der Waals surface area (Å²) in [6.07, 6.45) is 0.739. The second kappa shape index (κ2) is 5.69. The van der Waals surface area contributed by atoms with E-state index in [9.17, 15) is 19.5 Å². The van der Waals surface area contributed by atoms with Crippen molar-refractivity contribution in [3.05, 3.63) is 34.2 Å². The Balaban J connectivity index is 2.55. The van der Waals surface area contributed by atoms with Crippen LogP contribution in [-0.2, 0) is 19.1 Å². The van der Waals surface area contributed by atoms with E-state index in [0.717, 1.165) is 0 Å². The third-order valence-electron chi connectivity index (χ3n) is 3.73. The molecule has 2 rings (SSSR count). The van der Waals surface area contributed by atoms with Crippen molar-refractivity contribution in [2.24, 2.45) is 5.92 Å². The summed E-state index contributed by atoms with van der Waals surface area (Å²) in [4.78, 5) is 37.1. The van der Waals surface area contributed by atoms with Gasteiger partial charge in [0.05, 0.1) is 0 Å². The summed E-state index contributed by atoms with van der Waals surface area (Å²) < 4.78 is 10.7. The molecule has 2 N–H and O–H groups in total. The lowest BCUT2D eigenvalue weighted by molar-refractivity contribution is -0.191. The highest BCUT2D eigenvalue weighted by Crippen LogP contribution is 2.44. The van der Waals surface area contributed by atoms with E-state index in [0.29, 0.717) is 12.0 Å². The fourth-order valence-electron chi connectivity index (χ4n) is 2.67. The van der Waals surface area contributed by atoms with Crippen molar-refractivity contribution in [1.82, 2.24) is 4.98 Å². The van der Waals surface area contributed by atoms with Crippen LogP contribution in [0.3, 0.4) is 0 Å². The number of esters is 1. The average Bonchev–Trinajstić information content (AvgIpc) is 2.78. The third kappa shape index (κ3) is 2.69. The van der Waals surface area contributed by atoms with Crippen LogP contribution in [0.4, 0.5) is 0 Å². The number of H-pyrrole nitrogens is 1. The van der Waals surface area contributed by atoms with Crippen LogP contribution in [0.15, 0.2) is 23.1 Å². The van der Waals surface area contributed by atoms with Crippen LogP contribution < -0.4 is 5.56 Å². The second-order valence-electron chi connectivity index (χ2n) is 5.11. The van der Waals surface area contributed by atoms with Crippen molar-refractivity contribution in [2.75, 3.05) is 6.61 Å². The molecule has 0 saturated carbocycles. The van der Waals surface area contributed by atoms with E-state index in [-0.39, 0.29) is 12.5 Å². The molecule has 1 aliphatic heterocycles. The Hall–Kier alpha value is -2.15. The number of aromatic nitrogens is 1. The first-order valence-corrected chi connectivity index (χ1v) is 6.61. The molecule has 7 heteroatoms. The predicted octanol–water partition coefficient (Wildman–Crippen LogP) is 0.859. The van der Waals surface area contributed by atoms with Crippen molar-refractivity contribution in [2.45, 2.75) is 32.0 Å². The monoisotopic (exact) mass is 295 g/mol. The number of carbonyl (C=O) groups is 2. The minimum Gasteiger partial charge on any atom is -0.479 e. The van der Waals surface area contributed by atoms with E-state index in [1.54, 1.807) is 6.92 Å². The molecule has 0 aromatic carbocycles. The number of pyridine rings is 1. The molecule has 1 aliphatic rings. The Kier molecular flexibility index (Phi) is 4.13. The number of rotatable bonds is 4. The molecule has 3 unspecified atom stereocenters. The van der Waals surface area contributed by atoms with Crippen molar-refractivity contribution in [3.8, 4) is 0 Å². The first-order valence-electron chi connectivity index (χ1n) is 6.61. The van der Waals surface area contributed by atoms with Crippen LogP contribution in [-0.4, -0.2) is 34.2 Å². The van der Waals surface area contributed by atoms with Crippen molar-refractivity contribution in [1.29, 1.82) is 0 Å². The number of aliphatic carboxylic acids is 1. The van der Waals surface area contributed by atoms with E-state index < -0.39 is 29.2 Å². The first kappa shape index (κ1) is 15.2. The van der Waals surface area contributed by atoms with Crippen LogP contribution in [0.25, 0.3) is 0 Å². The predicted molar refractivity (Wildman–Crippen MR) is 71.7 cm³/mol. The maximum Gasteiger partial charge on any atom is 0.340 e. The number of ether oxygens (including phenoxy) is 2. The molecule has 3 atom stereocenters. The lowest BCUT2D eigenvalue weighted by atomic mass is 9.81. The van der Waals surface area contributed by atoms with Gasteiger partial charge in [-0.05, 0) is 12.5 Å². The third-order valence-corrected chi connectivity index (χ3v) is 3.73. The quantitative estimate of drug-likeness (QED) is 0.798. The topological polar surface area (TPSA) is 106 Å². The van der Waals surface area contributed by atoms with Gasteiger partial charge < -0.3 is 19.6 Å². The maximum absolute atomic E-state index is 11.8. The lowest BCUT2D eigenvalue weighted by Crippen LogP contribution is -2.50. The lowest BCUT2D eigenvalue weighted by Gasteiger charge is -2.35. The molecule has 114 valence electrons. The molecule has 7 nitrogen and oxygen atoms in total. The molecule has 0 amide bonds. The van der Waals surface area contributed by atoms with Gasteiger partial charge in [0.25, 0.3) is 0 Å². The molecule has 0 bridgehead atoms. The Morgan fingerprint density at radius 2 is 2.29 bits per heavy atom. The molecule has 1 saturated heterocycles. The minimum atomic E-state index is -1.68. The summed E-state index contributed by atoms with van der Waals surface area (Å²) in [5, 5.41) is 9.65. The SMILES string of the molecule is CC(=O)OC(c1cc[nH]c(=O)c1)C1(C(=O)O)OCCC1C. The van der Waals surface area contributed by atoms with Gasteiger partial charge in [0.1, 0.15) is 0 Å². The molecule has 0 radical (unpaired) electrons. The van der Waals surface area contributed by atoms with Gasteiger partial charge >= 0.3 is 11.9 Å². The molecule has 0 spiro atoms. The van der Waals surface area contributed by atoms with Crippen LogP contribution in [0.1, 0.15) is 31.9 Å². The van der Waals surface area contributed by atoms with Gasteiger partial charge in [-0.15, -0.1) is 0 Å². The van der Waals surface area contributed by atoms with E-state index in [1.807, 2.05) is 0 Å². The Labute approximate surface area is 120 Å². The van der Waals surface area contributed by atoms with Gasteiger partial charge in [0.2, 0.25) is 11.2 Å². The zero-order chi connectivity index (χ0) is 15.6. The summed E-state index contributed by atoms with van der Waals surface area (Å²) >= 11 is 0. The zero-order valence-electron chi connectivity index (χ0n) is 11.8. The first-order chi connectivity index (χ1) is 9.87. The van der Waals surface area contributed by atoms with Gasteiger partial charge in [-0.3, -0.25) is 9.59 Å². The highest BCUT2D eigenvalue weighted by Gasteiger charge is 2.57. The highest BCUT2D eigenvalue weighted by atomic mass is 16.6. The molecule has 21 heavy (non-hydrogen) atoms. The van der Waals surface area contributed by atoms with E-state index >= 15 is 0 Å². The number of carbonyl (C=O) groups excluding carboxylic acids is 1. The standard InChI is InChI=1S/C14H17NO6/c1-8-4-6-20-14(8,13(18)19)12(21-9(2)16)10-3-5-15-11(17)7-10/h3,5,7-8,12H,4,6H2,1-2H3,(H,15,17)(H,18,19). The van der Waals surface area contributed by atoms with Crippen LogP contribution in [0.5, 0.6) is 0 Å². The summed E-state index contributed by atoms with van der Waals surface area (Å²) in [6.45, 7) is 3.18. The molecular formula is C14H17NO6. The molecule has 1 aromatic heterocycles. The Morgan fingerprint density at radius 3 is 2.76 bits per heavy atom. The molecule has 0 aliphatic carbocycles. The second-order valence-corrected chi connectivity index (χ2v) is 5.11. The summed E-state index contributed by atoms with van der Waals surface area (Å²) in [5.74, 6) is -2.21. The summed E-state index contributed by atoms with van der Waals surface area (Å²) in [6, 6.07) is 2.72. The fourth-order valence-corrected chi connectivity index (χ4v) is 2.67. The van der Waals surface area contributed by atoms with Gasteiger partial charge in [-0.1, -0.05) is 6.92 Å². The molecular weight excluding hydrogens is 278 g/mol. The van der Waals surface area contributed by atoms with E-state index in [1.165, 1.54) is 25.3 Å². The van der Waals surface area contributed by atoms with Gasteiger partial charge in [0.15, 0.2) is 6.10 Å². The van der Waals surface area contributed by atoms with Crippen LogP contribution in [0, 0.1) is 5.92 Å². The van der Waals surface area contributed by atoms with Gasteiger partial charge in [-0.25, -0.2) is 4.79 Å². The van der Waals surface area contributed by atoms with Gasteiger partial charge in [-0.2, -0.15) is 0 Å². The molecule has 1 fully saturated rings. The van der Waals surface area contributed by atoms with Crippen molar-refractivity contribution in [3.63, 3.8) is 0 Å². The maximum atomic E-state index is 11.8. The Bertz CT molecular complexity index is 609. The fraction of sp³-hybridized carbons (Fsp3) is 0.500. The van der Waals surface area contributed by atoms with Gasteiger partial charge in [0, 0.05) is 37.3 Å². The number of hydrogen-bond donors (Lipinski definition) is 2. The number of aromatic amines is 1. The summed E-state index contributed by atoms with van der Waals surface area (Å²) in [5.41, 5.74) is -1.79. The molecule has 2 heterocycles. The summed E-state index contributed by atoms with van der Waals surface area (Å²) in [7, 11) is 0. The normalized spacial score (nSPS) is 26.3. The number of hydrogen-bond acceptors (Lipinski definition) is 5. The average molecular weight is 295 g/mol. The van der Waals surface area contributed by atoms with Crippen LogP contribution >= 0.6 is 0 Å². The minimum absolute atomic E-state index is 0.258. The smallest absolute Gasteiger partial charge is 0.340 e. The largest absolute Gasteiger partial charge is 0.479 e. The van der Waals surface area contributed by atoms with Crippen molar-refractivity contribution < 1.29 is 24.2 Å². The highest BCUT2D eigenvalue weighted by molar-refractivity contribution is 5.80. The number of nitrogens with one attached hydrogen (secondary N) is 1. The zero-order valence-corrected chi connectivity index (χ0v) is 11.8.